The first-order chi connectivity index (χ1) is 12.1. The second kappa shape index (κ2) is 9.34. The fourth-order valence-corrected chi connectivity index (χ4v) is 4.53. The molecule has 0 aromatic carbocycles. The summed E-state index contributed by atoms with van der Waals surface area (Å²) in [5.74, 6) is 1.18. The standard InChI is InChI=1S/C22H37NO2/c1-17(2)8-7-9-19-10-11-21(18(3)14-19)22-24-16-20(25-22)15-23-12-5-4-6-13-23/h8,10,18,20-22H,4-7,9,11-16H2,1-3H3/t18-,20+,21+,22-/m1/s1. The van der Waals surface area contributed by atoms with Crippen molar-refractivity contribution in [2.45, 2.75) is 78.1 Å². The van der Waals surface area contributed by atoms with Crippen LogP contribution < -0.4 is 0 Å². The number of rotatable bonds is 6. The predicted octanol–water partition coefficient (Wildman–Crippen LogP) is 4.93. The molecule has 0 aromatic heterocycles. The lowest BCUT2D eigenvalue weighted by atomic mass is 9.79. The average molecular weight is 348 g/mol. The minimum absolute atomic E-state index is 0.0142. The monoisotopic (exact) mass is 347 g/mol. The summed E-state index contributed by atoms with van der Waals surface area (Å²) in [6.45, 7) is 11.1. The molecule has 4 atom stereocenters. The maximum Gasteiger partial charge on any atom is 0.161 e. The van der Waals surface area contributed by atoms with Gasteiger partial charge in [-0.3, -0.25) is 0 Å². The third-order valence-corrected chi connectivity index (χ3v) is 6.04. The number of hydrogen-bond acceptors (Lipinski definition) is 3. The first-order valence-electron chi connectivity index (χ1n) is 10.4. The maximum atomic E-state index is 6.32. The van der Waals surface area contributed by atoms with Crippen LogP contribution in [0.1, 0.15) is 65.7 Å². The lowest BCUT2D eigenvalue weighted by Gasteiger charge is -2.32. The van der Waals surface area contributed by atoms with Crippen LogP contribution in [0.15, 0.2) is 23.3 Å². The molecule has 3 aliphatic rings. The Hall–Kier alpha value is -0.640. The lowest BCUT2D eigenvalue weighted by molar-refractivity contribution is -0.113. The molecular weight excluding hydrogens is 310 g/mol. The van der Waals surface area contributed by atoms with Gasteiger partial charge in [0.25, 0.3) is 0 Å². The molecule has 25 heavy (non-hydrogen) atoms. The molecule has 0 radical (unpaired) electrons. The van der Waals surface area contributed by atoms with Gasteiger partial charge in [0.2, 0.25) is 0 Å². The highest BCUT2D eigenvalue weighted by Gasteiger charge is 2.37. The lowest BCUT2D eigenvalue weighted by Crippen LogP contribution is -2.38. The molecule has 0 unspecified atom stereocenters. The fourth-order valence-electron chi connectivity index (χ4n) is 4.53. The summed E-state index contributed by atoms with van der Waals surface area (Å²) in [4.78, 5) is 2.56. The highest BCUT2D eigenvalue weighted by atomic mass is 16.7. The van der Waals surface area contributed by atoms with Gasteiger partial charge >= 0.3 is 0 Å². The molecule has 3 rings (SSSR count). The fraction of sp³-hybridized carbons (Fsp3) is 0.818. The van der Waals surface area contributed by atoms with Gasteiger partial charge in [-0.05, 0) is 71.4 Å². The van der Waals surface area contributed by atoms with E-state index in [1.807, 2.05) is 0 Å². The van der Waals surface area contributed by atoms with Crippen molar-refractivity contribution < 1.29 is 9.47 Å². The van der Waals surface area contributed by atoms with Gasteiger partial charge in [-0.2, -0.15) is 0 Å². The molecule has 2 aliphatic heterocycles. The molecule has 0 spiro atoms. The van der Waals surface area contributed by atoms with E-state index in [0.717, 1.165) is 19.6 Å². The van der Waals surface area contributed by atoms with Gasteiger partial charge in [-0.1, -0.05) is 36.6 Å². The molecular formula is C22H37NO2. The summed E-state index contributed by atoms with van der Waals surface area (Å²) in [6.07, 6.45) is 13.9. The van der Waals surface area contributed by atoms with Crippen LogP contribution in [0.5, 0.6) is 0 Å². The van der Waals surface area contributed by atoms with E-state index in [-0.39, 0.29) is 12.4 Å². The Balaban J connectivity index is 1.45. The van der Waals surface area contributed by atoms with Crippen LogP contribution in [0.3, 0.4) is 0 Å². The van der Waals surface area contributed by atoms with Crippen LogP contribution in [0.25, 0.3) is 0 Å². The van der Waals surface area contributed by atoms with E-state index in [2.05, 4.69) is 37.8 Å². The summed E-state index contributed by atoms with van der Waals surface area (Å²) in [6, 6.07) is 0. The molecule has 3 nitrogen and oxygen atoms in total. The molecule has 2 fully saturated rings. The Kier molecular flexibility index (Phi) is 7.15. The third kappa shape index (κ3) is 5.67. The van der Waals surface area contributed by atoms with Crippen molar-refractivity contribution in [1.29, 1.82) is 0 Å². The third-order valence-electron chi connectivity index (χ3n) is 6.04. The number of allylic oxidation sites excluding steroid dienone is 4. The van der Waals surface area contributed by atoms with Gasteiger partial charge in [0.1, 0.15) is 0 Å². The zero-order valence-electron chi connectivity index (χ0n) is 16.5. The number of nitrogens with zero attached hydrogens (tertiary/aromatic N) is 1. The predicted molar refractivity (Wildman–Crippen MR) is 104 cm³/mol. The Morgan fingerprint density at radius 1 is 1.24 bits per heavy atom. The molecule has 0 amide bonds. The van der Waals surface area contributed by atoms with E-state index in [0.29, 0.717) is 11.8 Å². The smallest absolute Gasteiger partial charge is 0.161 e. The van der Waals surface area contributed by atoms with E-state index >= 15 is 0 Å². The van der Waals surface area contributed by atoms with E-state index in [1.54, 1.807) is 5.57 Å². The number of ether oxygens (including phenoxy) is 2. The van der Waals surface area contributed by atoms with Crippen molar-refractivity contribution in [1.82, 2.24) is 4.90 Å². The maximum absolute atomic E-state index is 6.32. The van der Waals surface area contributed by atoms with Crippen LogP contribution >= 0.6 is 0 Å². The Labute approximate surface area is 154 Å². The van der Waals surface area contributed by atoms with Crippen molar-refractivity contribution in [3.63, 3.8) is 0 Å². The average Bonchev–Trinajstić information content (AvgIpc) is 3.04. The van der Waals surface area contributed by atoms with Gasteiger partial charge in [0.05, 0.1) is 12.7 Å². The summed E-state index contributed by atoms with van der Waals surface area (Å²) in [5.41, 5.74) is 3.05. The van der Waals surface area contributed by atoms with Gasteiger partial charge in [-0.25, -0.2) is 0 Å². The zero-order valence-corrected chi connectivity index (χ0v) is 16.5. The molecule has 142 valence electrons. The topological polar surface area (TPSA) is 21.7 Å². The van der Waals surface area contributed by atoms with E-state index < -0.39 is 0 Å². The van der Waals surface area contributed by atoms with E-state index in [1.165, 1.54) is 57.2 Å². The first-order valence-corrected chi connectivity index (χ1v) is 10.4. The van der Waals surface area contributed by atoms with Crippen LogP contribution in [-0.4, -0.2) is 43.5 Å². The molecule has 0 N–H and O–H groups in total. The number of piperidine rings is 1. The van der Waals surface area contributed by atoms with Crippen molar-refractivity contribution in [3.05, 3.63) is 23.3 Å². The van der Waals surface area contributed by atoms with Crippen molar-refractivity contribution in [2.75, 3.05) is 26.2 Å². The van der Waals surface area contributed by atoms with Gasteiger partial charge in [-0.15, -0.1) is 0 Å². The Morgan fingerprint density at radius 3 is 2.76 bits per heavy atom. The van der Waals surface area contributed by atoms with Gasteiger partial charge in [0.15, 0.2) is 6.29 Å². The minimum atomic E-state index is 0.0142. The molecule has 3 heteroatoms. The number of hydrogen-bond donors (Lipinski definition) is 0. The van der Waals surface area contributed by atoms with E-state index in [4.69, 9.17) is 9.47 Å². The Morgan fingerprint density at radius 2 is 2.04 bits per heavy atom. The molecule has 0 saturated carbocycles. The molecule has 2 heterocycles. The second-order valence-electron chi connectivity index (χ2n) is 8.58. The van der Waals surface area contributed by atoms with Crippen LogP contribution in [0.4, 0.5) is 0 Å². The molecule has 0 aromatic rings. The minimum Gasteiger partial charge on any atom is -0.350 e. The van der Waals surface area contributed by atoms with Gasteiger partial charge in [0, 0.05) is 12.5 Å². The quantitative estimate of drug-likeness (QED) is 0.636. The van der Waals surface area contributed by atoms with Crippen molar-refractivity contribution in [2.24, 2.45) is 11.8 Å². The molecule has 0 bridgehead atoms. The highest BCUT2D eigenvalue weighted by molar-refractivity contribution is 5.10. The highest BCUT2D eigenvalue weighted by Crippen LogP contribution is 2.37. The summed E-state index contributed by atoms with van der Waals surface area (Å²) in [5, 5.41) is 0. The zero-order chi connectivity index (χ0) is 17.6. The molecule has 2 saturated heterocycles. The largest absolute Gasteiger partial charge is 0.350 e. The normalized spacial score (nSPS) is 34.0. The van der Waals surface area contributed by atoms with Crippen molar-refractivity contribution in [3.8, 4) is 0 Å². The van der Waals surface area contributed by atoms with Gasteiger partial charge < -0.3 is 14.4 Å². The SMILES string of the molecule is CC(C)=CCCC1=CC[C@H]([C@@H]2OC[C@H](CN3CCCCC3)O2)[C@H](C)C1. The van der Waals surface area contributed by atoms with E-state index in [9.17, 15) is 0 Å². The summed E-state index contributed by atoms with van der Waals surface area (Å²) < 4.78 is 12.4. The van der Waals surface area contributed by atoms with Crippen LogP contribution in [-0.2, 0) is 9.47 Å². The van der Waals surface area contributed by atoms with Crippen LogP contribution in [0.2, 0.25) is 0 Å². The first kappa shape index (κ1) is 19.1. The number of likely N-dealkylation sites (tertiary alicyclic amines) is 1. The molecule has 1 aliphatic carbocycles. The van der Waals surface area contributed by atoms with Crippen molar-refractivity contribution >= 4 is 0 Å². The van der Waals surface area contributed by atoms with Crippen LogP contribution in [0, 0.1) is 11.8 Å². The summed E-state index contributed by atoms with van der Waals surface area (Å²) in [7, 11) is 0. The second-order valence-corrected chi connectivity index (χ2v) is 8.58. The summed E-state index contributed by atoms with van der Waals surface area (Å²) >= 11 is 0. The Bertz CT molecular complexity index is 474.